The first-order valence-corrected chi connectivity index (χ1v) is 8.53. The average Bonchev–Trinajstić information content (AvgIpc) is 3.31. The van der Waals surface area contributed by atoms with Gasteiger partial charge in [0.15, 0.2) is 11.5 Å². The molecule has 7 heteroatoms. The number of aliphatic hydroxyl groups excluding tert-OH is 1. The van der Waals surface area contributed by atoms with Gasteiger partial charge in [-0.3, -0.25) is 9.59 Å². The molecule has 0 bridgehead atoms. The van der Waals surface area contributed by atoms with Gasteiger partial charge in [0.05, 0.1) is 25.0 Å². The summed E-state index contributed by atoms with van der Waals surface area (Å²) in [7, 11) is 3.14. The molecule has 0 saturated carbocycles. The largest absolute Gasteiger partial charge is 0.503 e. The molecule has 1 atom stereocenters. The molecular formula is C20H21NO6. The van der Waals surface area contributed by atoms with Gasteiger partial charge in [0.2, 0.25) is 5.78 Å². The van der Waals surface area contributed by atoms with Gasteiger partial charge in [0.1, 0.15) is 5.75 Å². The summed E-state index contributed by atoms with van der Waals surface area (Å²) in [5.41, 5.74) is 0.707. The summed E-state index contributed by atoms with van der Waals surface area (Å²) < 4.78 is 15.4. The van der Waals surface area contributed by atoms with Crippen molar-refractivity contribution >= 4 is 11.7 Å². The maximum absolute atomic E-state index is 12.9. The van der Waals surface area contributed by atoms with E-state index < -0.39 is 23.5 Å². The van der Waals surface area contributed by atoms with Crippen molar-refractivity contribution in [1.29, 1.82) is 0 Å². The molecule has 0 radical (unpaired) electrons. The highest BCUT2D eigenvalue weighted by Gasteiger charge is 2.44. The molecule has 2 aromatic rings. The maximum atomic E-state index is 12.9. The minimum absolute atomic E-state index is 0.0116. The first kappa shape index (κ1) is 18.7. The Kier molecular flexibility index (Phi) is 5.61. The Labute approximate surface area is 156 Å². The highest BCUT2D eigenvalue weighted by Crippen LogP contribution is 2.39. The number of amides is 1. The molecule has 3 rings (SSSR count). The standard InChI is InChI=1S/C20H21NO6/c1-25-11-4-10-21-17(13-6-8-14(26-2)9-7-13)16(19(23)20(21)24)18(22)15-5-3-12-27-15/h3,5-9,12,17,23H,4,10-11H2,1-2H3. The molecule has 7 nitrogen and oxygen atoms in total. The molecular weight excluding hydrogens is 350 g/mol. The molecule has 1 aromatic heterocycles. The summed E-state index contributed by atoms with van der Waals surface area (Å²) in [5, 5.41) is 10.5. The van der Waals surface area contributed by atoms with E-state index in [-0.39, 0.29) is 11.3 Å². The zero-order chi connectivity index (χ0) is 19.4. The lowest BCUT2D eigenvalue weighted by atomic mass is 9.95. The second-order valence-corrected chi connectivity index (χ2v) is 6.09. The van der Waals surface area contributed by atoms with Crippen molar-refractivity contribution in [3.8, 4) is 5.75 Å². The number of benzene rings is 1. The summed E-state index contributed by atoms with van der Waals surface area (Å²) in [6.07, 6.45) is 1.95. The maximum Gasteiger partial charge on any atom is 0.290 e. The second-order valence-electron chi connectivity index (χ2n) is 6.09. The zero-order valence-electron chi connectivity index (χ0n) is 15.2. The van der Waals surface area contributed by atoms with Crippen LogP contribution in [0.15, 0.2) is 58.4 Å². The number of carbonyl (C=O) groups is 2. The molecule has 142 valence electrons. The fourth-order valence-electron chi connectivity index (χ4n) is 3.17. The number of aliphatic hydroxyl groups is 1. The highest BCUT2D eigenvalue weighted by molar-refractivity contribution is 6.15. The van der Waals surface area contributed by atoms with Crippen molar-refractivity contribution in [2.24, 2.45) is 0 Å². The number of carbonyl (C=O) groups excluding carboxylic acids is 2. The van der Waals surface area contributed by atoms with Crippen LogP contribution >= 0.6 is 0 Å². The Bertz CT molecular complexity index is 838. The van der Waals surface area contributed by atoms with E-state index in [0.717, 1.165) is 0 Å². The van der Waals surface area contributed by atoms with E-state index in [4.69, 9.17) is 13.9 Å². The van der Waals surface area contributed by atoms with Crippen LogP contribution < -0.4 is 4.74 Å². The number of hydrogen-bond donors (Lipinski definition) is 1. The summed E-state index contributed by atoms with van der Waals surface area (Å²) in [6, 6.07) is 9.42. The smallest absolute Gasteiger partial charge is 0.290 e. The van der Waals surface area contributed by atoms with Gasteiger partial charge >= 0.3 is 0 Å². The molecule has 0 fully saturated rings. The Morgan fingerprint density at radius 3 is 2.56 bits per heavy atom. The second kappa shape index (κ2) is 8.09. The number of methoxy groups -OCH3 is 2. The minimum atomic E-state index is -0.710. The van der Waals surface area contributed by atoms with E-state index in [1.165, 1.54) is 17.2 Å². The van der Waals surface area contributed by atoms with Crippen LogP contribution in [0.4, 0.5) is 0 Å². The third-order valence-electron chi connectivity index (χ3n) is 4.47. The van der Waals surface area contributed by atoms with Crippen molar-refractivity contribution in [2.45, 2.75) is 12.5 Å². The van der Waals surface area contributed by atoms with Crippen LogP contribution in [0.5, 0.6) is 5.75 Å². The van der Waals surface area contributed by atoms with Gasteiger partial charge in [-0.2, -0.15) is 0 Å². The molecule has 1 amide bonds. The lowest BCUT2D eigenvalue weighted by Crippen LogP contribution is -2.32. The van der Waals surface area contributed by atoms with E-state index in [1.54, 1.807) is 44.6 Å². The van der Waals surface area contributed by atoms with E-state index in [0.29, 0.717) is 30.9 Å². The average molecular weight is 371 g/mol. The number of ether oxygens (including phenoxy) is 2. The highest BCUT2D eigenvalue weighted by atomic mass is 16.5. The number of ketones is 1. The number of furan rings is 1. The van der Waals surface area contributed by atoms with E-state index in [9.17, 15) is 14.7 Å². The van der Waals surface area contributed by atoms with Gasteiger partial charge in [-0.25, -0.2) is 0 Å². The first-order chi connectivity index (χ1) is 13.1. The van der Waals surface area contributed by atoms with E-state index >= 15 is 0 Å². The van der Waals surface area contributed by atoms with Crippen molar-refractivity contribution in [3.63, 3.8) is 0 Å². The molecule has 1 aliphatic rings. The summed E-state index contributed by atoms with van der Waals surface area (Å²) in [6.45, 7) is 0.795. The van der Waals surface area contributed by atoms with Crippen LogP contribution in [-0.2, 0) is 9.53 Å². The van der Waals surface area contributed by atoms with Crippen molar-refractivity contribution in [1.82, 2.24) is 4.90 Å². The zero-order valence-corrected chi connectivity index (χ0v) is 15.2. The van der Waals surface area contributed by atoms with E-state index in [1.807, 2.05) is 0 Å². The molecule has 0 saturated heterocycles. The van der Waals surface area contributed by atoms with Crippen LogP contribution in [0.1, 0.15) is 28.6 Å². The SMILES string of the molecule is COCCCN1C(=O)C(O)=C(C(=O)c2ccco2)C1c1ccc(OC)cc1. The molecule has 1 unspecified atom stereocenters. The molecule has 27 heavy (non-hydrogen) atoms. The number of hydrogen-bond acceptors (Lipinski definition) is 6. The van der Waals surface area contributed by atoms with Crippen molar-refractivity contribution in [3.05, 3.63) is 65.3 Å². The van der Waals surface area contributed by atoms with E-state index in [2.05, 4.69) is 0 Å². The van der Waals surface area contributed by atoms with Gasteiger partial charge in [0, 0.05) is 20.3 Å². The van der Waals surface area contributed by atoms with Crippen LogP contribution in [0.2, 0.25) is 0 Å². The predicted octanol–water partition coefficient (Wildman–Crippen LogP) is 2.90. The Hall–Kier alpha value is -3.06. The number of rotatable bonds is 8. The monoisotopic (exact) mass is 371 g/mol. The molecule has 2 heterocycles. The molecule has 1 aromatic carbocycles. The van der Waals surface area contributed by atoms with Gasteiger partial charge in [-0.1, -0.05) is 12.1 Å². The van der Waals surface area contributed by atoms with Gasteiger partial charge < -0.3 is 23.9 Å². The van der Waals surface area contributed by atoms with Gasteiger partial charge in [-0.15, -0.1) is 0 Å². The van der Waals surface area contributed by atoms with Crippen LogP contribution in [0.3, 0.4) is 0 Å². The normalized spacial score (nSPS) is 16.9. The third kappa shape index (κ3) is 3.59. The Balaban J connectivity index is 2.01. The van der Waals surface area contributed by atoms with Crippen molar-refractivity contribution in [2.75, 3.05) is 27.4 Å². The first-order valence-electron chi connectivity index (χ1n) is 8.53. The van der Waals surface area contributed by atoms with Crippen LogP contribution in [0, 0.1) is 0 Å². The molecule has 1 N–H and O–H groups in total. The molecule has 0 aliphatic carbocycles. The third-order valence-corrected chi connectivity index (χ3v) is 4.47. The molecule has 0 spiro atoms. The predicted molar refractivity (Wildman–Crippen MR) is 96.6 cm³/mol. The summed E-state index contributed by atoms with van der Waals surface area (Å²) >= 11 is 0. The Morgan fingerprint density at radius 1 is 1.22 bits per heavy atom. The molecule has 1 aliphatic heterocycles. The van der Waals surface area contributed by atoms with Crippen molar-refractivity contribution < 1.29 is 28.6 Å². The lowest BCUT2D eigenvalue weighted by molar-refractivity contribution is -0.129. The Morgan fingerprint density at radius 2 is 1.96 bits per heavy atom. The fraction of sp³-hybridized carbons (Fsp3) is 0.300. The number of Topliss-reactive ketones (excluding diaryl/α,β-unsaturated/α-hetero) is 1. The summed E-state index contributed by atoms with van der Waals surface area (Å²) in [4.78, 5) is 27.0. The number of nitrogens with zero attached hydrogens (tertiary/aromatic N) is 1. The van der Waals surface area contributed by atoms with Gasteiger partial charge in [0.25, 0.3) is 5.91 Å². The fourth-order valence-corrected chi connectivity index (χ4v) is 3.17. The van der Waals surface area contributed by atoms with Crippen LogP contribution in [-0.4, -0.2) is 49.1 Å². The lowest BCUT2D eigenvalue weighted by Gasteiger charge is -2.26. The topological polar surface area (TPSA) is 89.2 Å². The van der Waals surface area contributed by atoms with Crippen LogP contribution in [0.25, 0.3) is 0 Å². The quantitative estimate of drug-likeness (QED) is 0.567. The minimum Gasteiger partial charge on any atom is -0.503 e. The summed E-state index contributed by atoms with van der Waals surface area (Å²) in [5.74, 6) is -0.917. The van der Waals surface area contributed by atoms with Gasteiger partial charge in [-0.05, 0) is 36.2 Å².